The van der Waals surface area contributed by atoms with Crippen LogP contribution in [0, 0.1) is 0 Å². The number of nitrogens with zero attached hydrogens (tertiary/aromatic N) is 4. The van der Waals surface area contributed by atoms with Gasteiger partial charge in [0.2, 0.25) is 27.2 Å². The molecule has 100 heavy (non-hydrogen) atoms. The highest BCUT2D eigenvalue weighted by Gasteiger charge is 2.53. The number of amides is 2. The van der Waals surface area contributed by atoms with E-state index in [4.69, 9.17) is 13.9 Å². The third kappa shape index (κ3) is 20.5. The van der Waals surface area contributed by atoms with Crippen LogP contribution in [0.4, 0.5) is 11.4 Å². The number of anilines is 1. The Morgan fingerprint density at radius 2 is 1.25 bits per heavy atom. The summed E-state index contributed by atoms with van der Waals surface area (Å²) in [5, 5.41) is 20.2. The molecule has 5 N–H and O–H groups in total. The van der Waals surface area contributed by atoms with E-state index in [0.29, 0.717) is 106 Å². The summed E-state index contributed by atoms with van der Waals surface area (Å²) in [5.41, 5.74) is 4.30. The van der Waals surface area contributed by atoms with Crippen molar-refractivity contribution in [1.82, 2.24) is 19.9 Å². The Labute approximate surface area is 590 Å². The number of phenolic OH excluding ortho intramolecular Hbond substituents is 1. The Bertz CT molecular complexity index is 4380. The van der Waals surface area contributed by atoms with Gasteiger partial charge in [-0.05, 0) is 114 Å². The van der Waals surface area contributed by atoms with E-state index in [1.165, 1.54) is 43.9 Å². The lowest BCUT2D eigenvalue weighted by atomic mass is 9.77. The Morgan fingerprint density at radius 3 is 1.89 bits per heavy atom. The maximum atomic E-state index is 13.4. The topological polar surface area (TPSA) is 293 Å². The van der Waals surface area contributed by atoms with Crippen molar-refractivity contribution in [3.8, 4) is 39.7 Å². The number of unbranched alkanes of at least 4 members (excludes halogenated alkanes) is 16. The lowest BCUT2D eigenvalue weighted by Gasteiger charge is -2.36. The molecule has 0 radical (unpaired) electrons. The lowest BCUT2D eigenvalue weighted by molar-refractivity contribution is -0.121. The van der Waals surface area contributed by atoms with Crippen molar-refractivity contribution >= 4 is 89.1 Å². The number of rotatable bonds is 38. The number of aliphatic imine (C=N–C) groups is 1. The second-order valence-electron chi connectivity index (χ2n) is 24.7. The van der Waals surface area contributed by atoms with Crippen LogP contribution in [0.15, 0.2) is 139 Å². The molecule has 4 aliphatic rings. The van der Waals surface area contributed by atoms with Gasteiger partial charge in [0.05, 0.1) is 33.9 Å². The predicted octanol–water partition coefficient (Wildman–Crippen LogP) is 13.6. The van der Waals surface area contributed by atoms with Crippen molar-refractivity contribution < 1.29 is 64.4 Å². The molecule has 9 rings (SSSR count). The van der Waals surface area contributed by atoms with Crippen molar-refractivity contribution in [2.24, 2.45) is 9.36 Å². The molecular weight excluding hydrogens is 1330 g/mol. The monoisotopic (exact) mass is 1420 g/mol. The first-order chi connectivity index (χ1) is 48.4. The van der Waals surface area contributed by atoms with Crippen LogP contribution in [0.25, 0.3) is 33.4 Å². The van der Waals surface area contributed by atoms with Gasteiger partial charge in [-0.3, -0.25) is 14.1 Å². The van der Waals surface area contributed by atoms with Crippen molar-refractivity contribution in [3.05, 3.63) is 143 Å². The van der Waals surface area contributed by atoms with Gasteiger partial charge in [0.15, 0.2) is 5.60 Å². The average molecular weight is 1430 g/mol. The van der Waals surface area contributed by atoms with Gasteiger partial charge in [-0.1, -0.05) is 107 Å². The average Bonchev–Trinajstić information content (AvgIpc) is 1.48. The number of hydrogen-bond acceptors (Lipinski definition) is 16. The summed E-state index contributed by atoms with van der Waals surface area (Å²) in [4.78, 5) is 63.9. The van der Waals surface area contributed by atoms with Crippen LogP contribution in [-0.2, 0) is 60.8 Å². The Balaban J connectivity index is 0.000000259. The maximum absolute atomic E-state index is 13.4. The zero-order valence-corrected chi connectivity index (χ0v) is 60.2. The number of carbonyl (C=O) groups excluding carboxylic acids is 5. The van der Waals surface area contributed by atoms with Gasteiger partial charge in [0.25, 0.3) is 10.1 Å². The number of isothiocyanates is 1. The zero-order chi connectivity index (χ0) is 71.5. The minimum Gasteiger partial charge on any atom is -0.508 e. The number of esters is 1. The van der Waals surface area contributed by atoms with Crippen molar-refractivity contribution in [1.29, 1.82) is 0 Å². The van der Waals surface area contributed by atoms with Gasteiger partial charge in [-0.15, -0.1) is 0 Å². The van der Waals surface area contributed by atoms with Crippen LogP contribution < -0.4 is 34.9 Å². The third-order valence-corrected chi connectivity index (χ3v) is 20.8. The summed E-state index contributed by atoms with van der Waals surface area (Å²) >= 11 is 1.03. The number of nitrogens with one attached hydrogen (secondary N) is 3. The summed E-state index contributed by atoms with van der Waals surface area (Å²) in [6.07, 6.45) is 20.6. The van der Waals surface area contributed by atoms with E-state index < -0.39 is 36.6 Å². The normalized spacial score (nSPS) is 13.6. The van der Waals surface area contributed by atoms with Crippen LogP contribution in [0.2, 0.25) is 0 Å². The second-order valence-corrected chi connectivity index (χ2v) is 28.5. The fourth-order valence-corrected chi connectivity index (χ4v) is 14.9. The second kappa shape index (κ2) is 38.2. The number of aldehydes is 2. The standard InChI is InChI=1S/C41H56N4O8S2.C35H37N3O6S/c1-5-44(6-2)31-18-21-34-37(28-31)53-38-29-32(45(7-3)8-4)19-22-35(38)41(34)36-23-20-33(30-39(36)55(50,51)52)54(48,49)43-26-24-40(47)42-25-16-14-12-10-9-11-13-15-17-27-46;39-21-11-7-5-3-1-2-4-6-10-19-36-33(41)18-20-38-45-24-37-25-14-16-28-27(22-25)34(42)44-35(28)29-12-8-9-13-31(29)43-32-23-26(40)15-17-30(32)35/h18-23,27-30,43H,5-17,24-26H2,1-4H3,(H-,42,47,50,51,52);8-9,12-17,21-23,40H,1-7,10-11,18-20H2,(H,36,41)/p+1. The molecule has 1 spiro atoms. The number of hydrogen-bond donors (Lipinski definition) is 5. The Kier molecular flexibility index (Phi) is 29.5. The van der Waals surface area contributed by atoms with Gasteiger partial charge in [-0.25, -0.2) is 26.9 Å². The van der Waals surface area contributed by atoms with Crippen LogP contribution >= 0.6 is 0 Å². The van der Waals surface area contributed by atoms with Crippen LogP contribution in [0.1, 0.15) is 183 Å². The van der Waals surface area contributed by atoms with Gasteiger partial charge < -0.3 is 44.1 Å². The summed E-state index contributed by atoms with van der Waals surface area (Å²) < 4.78 is 90.8. The van der Waals surface area contributed by atoms with Crippen molar-refractivity contribution in [2.45, 2.75) is 172 Å². The SMILES string of the molecule is CCN(CC)c1ccc2c(-c3ccc(S(=O)(=O)NCCC(=O)NCCCCCCCCCCC=O)cc3S(=O)(=O)O)c3ccc(=[N+](CC)CC)cc-3oc2c1.O=CCCCCCCCCCCNC(=O)CCN=S=C=Nc1ccc2c(c1)C(=O)OC21c2ccccc2Oc2cc(O)ccc21. The number of para-hydroxylation sites is 1. The van der Waals surface area contributed by atoms with Crippen LogP contribution in [0.3, 0.4) is 0 Å². The zero-order valence-electron chi connectivity index (χ0n) is 57.7. The third-order valence-electron chi connectivity index (χ3n) is 17.9. The summed E-state index contributed by atoms with van der Waals surface area (Å²) in [5.74, 6) is 0.709. The van der Waals surface area contributed by atoms with E-state index in [9.17, 15) is 50.5 Å². The van der Waals surface area contributed by atoms with Crippen LogP contribution in [0.5, 0.6) is 17.2 Å². The molecule has 3 heterocycles. The quantitative estimate of drug-likeness (QED) is 0.00351. The molecule has 1 atom stereocenters. The van der Waals surface area contributed by atoms with E-state index in [0.717, 1.165) is 144 Å². The molecule has 3 aliphatic heterocycles. The highest BCUT2D eigenvalue weighted by molar-refractivity contribution is 7.89. The highest BCUT2D eigenvalue weighted by Crippen LogP contribution is 2.57. The Hall–Kier alpha value is -8.64. The van der Waals surface area contributed by atoms with Gasteiger partial charge in [-0.2, -0.15) is 13.4 Å². The number of aromatic hydroxyl groups is 1. The first kappa shape index (κ1) is 77.1. The first-order valence-corrected chi connectivity index (χ1v) is 38.7. The van der Waals surface area contributed by atoms with Gasteiger partial charge >= 0.3 is 5.97 Å². The van der Waals surface area contributed by atoms with Crippen molar-refractivity contribution in [2.75, 3.05) is 57.3 Å². The molecule has 2 amide bonds. The molecule has 5 aromatic carbocycles. The number of sulfonamides is 1. The fraction of sp³-hybridized carbons (Fsp3) is 0.434. The predicted molar refractivity (Wildman–Crippen MR) is 392 cm³/mol. The number of fused-ring (bicyclic) bond motifs is 8. The molecule has 534 valence electrons. The molecule has 0 fully saturated rings. The largest absolute Gasteiger partial charge is 0.508 e. The molecule has 0 bridgehead atoms. The lowest BCUT2D eigenvalue weighted by Crippen LogP contribution is -2.32. The maximum Gasteiger partial charge on any atom is 0.340 e. The molecule has 0 aromatic heterocycles. The van der Waals surface area contributed by atoms with E-state index in [1.807, 2.05) is 60.7 Å². The summed E-state index contributed by atoms with van der Waals surface area (Å²) in [6.45, 7) is 12.6. The van der Waals surface area contributed by atoms with E-state index in [2.05, 4.69) is 67.0 Å². The summed E-state index contributed by atoms with van der Waals surface area (Å²) in [7, 11) is -9.20. The molecule has 5 aromatic rings. The molecule has 21 nitrogen and oxygen atoms in total. The van der Waals surface area contributed by atoms with Crippen LogP contribution in [-0.4, -0.2) is 114 Å². The van der Waals surface area contributed by atoms with Gasteiger partial charge in [0.1, 0.15) is 59.1 Å². The minimum absolute atomic E-state index is 0.0241. The summed E-state index contributed by atoms with van der Waals surface area (Å²) in [6, 6.07) is 32.5. The number of carbonyl (C=O) groups is 5. The first-order valence-electron chi connectivity index (χ1n) is 35.0. The van der Waals surface area contributed by atoms with E-state index >= 15 is 0 Å². The number of phenols is 1. The number of ether oxygens (including phenoxy) is 2. The van der Waals surface area contributed by atoms with E-state index in [-0.39, 0.29) is 41.0 Å². The smallest absolute Gasteiger partial charge is 0.340 e. The van der Waals surface area contributed by atoms with Crippen molar-refractivity contribution in [3.63, 3.8) is 0 Å². The molecule has 0 saturated carbocycles. The van der Waals surface area contributed by atoms with E-state index in [1.54, 1.807) is 30.3 Å². The Morgan fingerprint density at radius 1 is 0.640 bits per heavy atom. The molecule has 1 aliphatic carbocycles. The number of benzene rings is 6. The van der Waals surface area contributed by atoms with Gasteiger partial charge in [0, 0.05) is 132 Å². The molecule has 0 saturated heterocycles. The minimum atomic E-state index is -4.94. The fourth-order valence-electron chi connectivity index (χ4n) is 12.7. The highest BCUT2D eigenvalue weighted by atomic mass is 32.2. The molecular formula is C76H94N7O14S3+. The molecule has 1 unspecified atom stereocenters. The molecule has 24 heteroatoms.